The predicted molar refractivity (Wildman–Crippen MR) is 121 cm³/mol. The lowest BCUT2D eigenvalue weighted by Gasteiger charge is -2.45. The molecular weight excluding hydrogens is 414 g/mol. The van der Waals surface area contributed by atoms with E-state index in [1.54, 1.807) is 18.1 Å². The molecule has 1 aliphatic rings. The molecule has 1 aliphatic heterocycles. The van der Waals surface area contributed by atoms with Crippen LogP contribution in [-0.2, 0) is 4.79 Å². The molecule has 0 bridgehead atoms. The maximum atomic E-state index is 13.6. The van der Waals surface area contributed by atoms with Gasteiger partial charge in [0.05, 0.1) is 11.7 Å². The minimum Gasteiger partial charge on any atom is -0.465 e. The van der Waals surface area contributed by atoms with Crippen LogP contribution in [0.3, 0.4) is 0 Å². The molecule has 2 aromatic rings. The van der Waals surface area contributed by atoms with Crippen molar-refractivity contribution in [3.05, 3.63) is 64.9 Å². The van der Waals surface area contributed by atoms with E-state index in [2.05, 4.69) is 4.98 Å². The number of hydrogen-bond donors (Lipinski definition) is 1. The van der Waals surface area contributed by atoms with Crippen molar-refractivity contribution >= 4 is 23.6 Å². The number of rotatable bonds is 4. The zero-order valence-electron chi connectivity index (χ0n) is 18.5. The summed E-state index contributed by atoms with van der Waals surface area (Å²) in [5.74, 6) is -0.242. The first-order chi connectivity index (χ1) is 14.6. The monoisotopic (exact) mass is 443 g/mol. The van der Waals surface area contributed by atoms with Crippen LogP contribution < -0.4 is 0 Å². The van der Waals surface area contributed by atoms with E-state index in [-0.39, 0.29) is 29.3 Å². The number of benzene rings is 1. The van der Waals surface area contributed by atoms with Gasteiger partial charge in [0.15, 0.2) is 0 Å². The van der Waals surface area contributed by atoms with Crippen molar-refractivity contribution in [2.75, 3.05) is 13.6 Å². The Bertz CT molecular complexity index is 912. The van der Waals surface area contributed by atoms with Crippen molar-refractivity contribution in [3.63, 3.8) is 0 Å². The number of pyridine rings is 1. The Morgan fingerprint density at radius 2 is 1.87 bits per heavy atom. The van der Waals surface area contributed by atoms with Crippen LogP contribution in [0, 0.1) is 11.3 Å². The predicted octanol–water partition coefficient (Wildman–Crippen LogP) is 5.09. The molecule has 1 fully saturated rings. The van der Waals surface area contributed by atoms with Gasteiger partial charge in [0.25, 0.3) is 0 Å². The topological polar surface area (TPSA) is 73.7 Å². The molecular formula is C24H30ClN3O3. The van der Waals surface area contributed by atoms with E-state index in [1.807, 2.05) is 63.2 Å². The molecule has 1 saturated heterocycles. The van der Waals surface area contributed by atoms with E-state index >= 15 is 0 Å². The lowest BCUT2D eigenvalue weighted by molar-refractivity contribution is -0.138. The third-order valence-corrected chi connectivity index (χ3v) is 6.34. The number of hydrogen-bond acceptors (Lipinski definition) is 3. The van der Waals surface area contributed by atoms with Crippen molar-refractivity contribution in [1.82, 2.24) is 14.8 Å². The molecule has 0 saturated carbocycles. The number of aromatic nitrogens is 1. The maximum absolute atomic E-state index is 13.6. The van der Waals surface area contributed by atoms with Gasteiger partial charge < -0.3 is 14.9 Å². The molecule has 0 radical (unpaired) electrons. The van der Waals surface area contributed by atoms with E-state index in [0.29, 0.717) is 24.4 Å². The largest absolute Gasteiger partial charge is 0.465 e. The lowest BCUT2D eigenvalue weighted by Crippen LogP contribution is -2.54. The number of carboxylic acid groups (broad SMARTS) is 1. The molecule has 0 spiro atoms. The van der Waals surface area contributed by atoms with Gasteiger partial charge in [0.2, 0.25) is 5.91 Å². The fourth-order valence-corrected chi connectivity index (χ4v) is 4.56. The number of carbonyl (C=O) groups is 2. The zero-order chi connectivity index (χ0) is 22.8. The molecule has 1 N–H and O–H groups in total. The number of carbonyl (C=O) groups excluding carboxylic acids is 1. The van der Waals surface area contributed by atoms with Gasteiger partial charge in [0.1, 0.15) is 0 Å². The Labute approximate surface area is 188 Å². The minimum atomic E-state index is -0.924. The van der Waals surface area contributed by atoms with Crippen molar-refractivity contribution in [2.24, 2.45) is 11.3 Å². The van der Waals surface area contributed by atoms with E-state index < -0.39 is 6.09 Å². The number of likely N-dealkylation sites (tertiary alicyclic amines) is 1. The van der Waals surface area contributed by atoms with E-state index in [1.165, 1.54) is 4.90 Å². The summed E-state index contributed by atoms with van der Waals surface area (Å²) >= 11 is 6.08. The van der Waals surface area contributed by atoms with Gasteiger partial charge in [-0.25, -0.2) is 4.79 Å². The van der Waals surface area contributed by atoms with Crippen LogP contribution >= 0.6 is 11.6 Å². The highest BCUT2D eigenvalue weighted by molar-refractivity contribution is 6.30. The van der Waals surface area contributed by atoms with Crippen molar-refractivity contribution in [3.8, 4) is 0 Å². The molecule has 1 aromatic heterocycles. The van der Waals surface area contributed by atoms with Gasteiger partial charge >= 0.3 is 6.09 Å². The van der Waals surface area contributed by atoms with Crippen LogP contribution in [0.4, 0.5) is 4.79 Å². The van der Waals surface area contributed by atoms with E-state index in [9.17, 15) is 14.7 Å². The summed E-state index contributed by atoms with van der Waals surface area (Å²) in [5.41, 5.74) is 1.44. The molecule has 2 heterocycles. The van der Waals surface area contributed by atoms with E-state index in [4.69, 9.17) is 11.6 Å². The Morgan fingerprint density at radius 3 is 2.42 bits per heavy atom. The molecule has 6 nitrogen and oxygen atoms in total. The summed E-state index contributed by atoms with van der Waals surface area (Å²) in [7, 11) is 1.80. The molecule has 3 rings (SSSR count). The lowest BCUT2D eigenvalue weighted by atomic mass is 9.76. The van der Waals surface area contributed by atoms with Crippen molar-refractivity contribution in [2.45, 2.75) is 45.7 Å². The Morgan fingerprint density at radius 1 is 1.19 bits per heavy atom. The summed E-state index contributed by atoms with van der Waals surface area (Å²) in [5, 5.41) is 10.3. The first-order valence-electron chi connectivity index (χ1n) is 10.5. The summed E-state index contributed by atoms with van der Waals surface area (Å²) < 4.78 is 0. The molecule has 0 aliphatic carbocycles. The Balaban J connectivity index is 1.89. The quantitative estimate of drug-likeness (QED) is 0.714. The molecule has 3 unspecified atom stereocenters. The smallest absolute Gasteiger partial charge is 0.407 e. The number of halogens is 1. The highest BCUT2D eigenvalue weighted by atomic mass is 35.5. The maximum Gasteiger partial charge on any atom is 0.407 e. The van der Waals surface area contributed by atoms with Crippen LogP contribution in [0.2, 0.25) is 5.02 Å². The van der Waals surface area contributed by atoms with Gasteiger partial charge in [-0.15, -0.1) is 0 Å². The first kappa shape index (κ1) is 23.1. The number of amides is 2. The SMILES string of the molecule is CN(C(=O)C1CCN(C(=O)O)C(C(C)(C)C)C1)C(c1ccc(Cl)cc1)c1ccccn1. The minimum absolute atomic E-state index is 0.00453. The molecule has 166 valence electrons. The van der Waals surface area contributed by atoms with Gasteiger partial charge in [-0.05, 0) is 48.1 Å². The average Bonchev–Trinajstić information content (AvgIpc) is 2.74. The third kappa shape index (κ3) is 5.18. The molecule has 7 heteroatoms. The fraction of sp³-hybridized carbons (Fsp3) is 0.458. The third-order valence-electron chi connectivity index (χ3n) is 6.09. The second kappa shape index (κ2) is 9.27. The zero-order valence-corrected chi connectivity index (χ0v) is 19.2. The van der Waals surface area contributed by atoms with Crippen LogP contribution in [0.25, 0.3) is 0 Å². The van der Waals surface area contributed by atoms with E-state index in [0.717, 1.165) is 11.3 Å². The summed E-state index contributed by atoms with van der Waals surface area (Å²) in [6.45, 7) is 6.43. The van der Waals surface area contributed by atoms with Crippen LogP contribution in [0.1, 0.15) is 50.9 Å². The molecule has 3 atom stereocenters. The second-order valence-electron chi connectivity index (χ2n) is 9.24. The Hall–Kier alpha value is -2.60. The number of nitrogens with zero attached hydrogens (tertiary/aromatic N) is 3. The first-order valence-corrected chi connectivity index (χ1v) is 10.9. The van der Waals surface area contributed by atoms with Gasteiger partial charge in [0, 0.05) is 36.8 Å². The van der Waals surface area contributed by atoms with Gasteiger partial charge in [-0.3, -0.25) is 9.78 Å². The van der Waals surface area contributed by atoms with Crippen molar-refractivity contribution in [1.29, 1.82) is 0 Å². The van der Waals surface area contributed by atoms with Crippen LogP contribution in [0.5, 0.6) is 0 Å². The highest BCUT2D eigenvalue weighted by Crippen LogP contribution is 2.37. The summed E-state index contributed by atoms with van der Waals surface area (Å²) in [6, 6.07) is 12.5. The molecule has 2 amide bonds. The highest BCUT2D eigenvalue weighted by Gasteiger charge is 2.42. The average molecular weight is 444 g/mol. The second-order valence-corrected chi connectivity index (χ2v) is 9.67. The van der Waals surface area contributed by atoms with Gasteiger partial charge in [-0.1, -0.05) is 50.6 Å². The number of piperidine rings is 1. The normalized spacial score (nSPS) is 20.2. The van der Waals surface area contributed by atoms with Crippen molar-refractivity contribution < 1.29 is 14.7 Å². The molecule has 1 aromatic carbocycles. The molecule has 31 heavy (non-hydrogen) atoms. The standard InChI is InChI=1S/C24H30ClN3O3/c1-24(2,3)20-15-17(12-14-28(20)23(30)31)22(29)27(4)21(19-7-5-6-13-26-19)16-8-10-18(25)11-9-16/h5-11,13,17,20-21H,12,14-15H2,1-4H3,(H,30,31). The van der Waals surface area contributed by atoms with Gasteiger partial charge in [-0.2, -0.15) is 0 Å². The van der Waals surface area contributed by atoms with Crippen LogP contribution in [0.15, 0.2) is 48.7 Å². The summed E-state index contributed by atoms with van der Waals surface area (Å²) in [4.78, 5) is 33.1. The van der Waals surface area contributed by atoms with Crippen LogP contribution in [-0.4, -0.2) is 51.5 Å². The Kier molecular flexibility index (Phi) is 6.90. The summed E-state index contributed by atoms with van der Waals surface area (Å²) in [6.07, 6.45) is 1.82. The fourth-order valence-electron chi connectivity index (χ4n) is 4.43.